The van der Waals surface area contributed by atoms with Gasteiger partial charge in [-0.05, 0) is 136 Å². The Morgan fingerprint density at radius 1 is 1.00 bits per heavy atom. The summed E-state index contributed by atoms with van der Waals surface area (Å²) in [5, 5.41) is 34.6. The lowest BCUT2D eigenvalue weighted by Crippen LogP contribution is -2.70. The maximum atomic E-state index is 15.3. The lowest BCUT2D eigenvalue weighted by atomic mass is 9.55. The molecule has 3 aliphatic rings. The van der Waals surface area contributed by atoms with Crippen LogP contribution in [-0.2, 0) is 16.1 Å². The highest BCUT2D eigenvalue weighted by Gasteiger charge is 2.65. The van der Waals surface area contributed by atoms with Crippen LogP contribution in [0.2, 0.25) is 0 Å². The SMILES string of the molecule is C=CCO[C@@]12Oc3ccc(OCCSc4ccccc4)cc3[C@H]3[C@H](CCCCO)[C@@H](CCCCO)C=C(C(=NOC(C)(C)C)C[C@@H]1N(Cc1ccc(F)cc1)C(=O)c1ccc(C#N)cc1)[C@H]32. The molecule has 0 saturated heterocycles. The fourth-order valence-corrected chi connectivity index (χ4v) is 10.5. The summed E-state index contributed by atoms with van der Waals surface area (Å²) in [6.45, 7) is 10.7. The Balaban J connectivity index is 1.43. The Labute approximate surface area is 393 Å². The summed E-state index contributed by atoms with van der Waals surface area (Å²) in [5.74, 6) is -0.896. The summed E-state index contributed by atoms with van der Waals surface area (Å²) >= 11 is 1.73. The molecule has 2 aliphatic carbocycles. The van der Waals surface area contributed by atoms with Gasteiger partial charge in [0.15, 0.2) is 0 Å². The van der Waals surface area contributed by atoms with Crippen LogP contribution in [0, 0.1) is 34.9 Å². The van der Waals surface area contributed by atoms with Crippen molar-refractivity contribution in [2.75, 3.05) is 32.2 Å². The molecule has 1 aliphatic heterocycles. The zero-order valence-corrected chi connectivity index (χ0v) is 39.1. The number of halogens is 1. The molecular formula is C54H62FN3O7S. The number of hydrogen-bond donors (Lipinski definition) is 2. The minimum absolute atomic E-state index is 0.0190. The van der Waals surface area contributed by atoms with E-state index in [4.69, 9.17) is 24.2 Å². The van der Waals surface area contributed by atoms with Crippen molar-refractivity contribution in [2.24, 2.45) is 22.9 Å². The van der Waals surface area contributed by atoms with Gasteiger partial charge in [0.25, 0.3) is 5.91 Å². The Hall–Kier alpha value is -5.45. The number of fused-ring (bicyclic) bond motifs is 2. The van der Waals surface area contributed by atoms with Crippen LogP contribution in [0.25, 0.3) is 0 Å². The molecule has 10 nitrogen and oxygen atoms in total. The number of nitrogens with zero attached hydrogens (tertiary/aromatic N) is 3. The first-order valence-electron chi connectivity index (χ1n) is 23.1. The molecule has 0 spiro atoms. The molecule has 1 heterocycles. The van der Waals surface area contributed by atoms with E-state index in [0.717, 1.165) is 42.6 Å². The minimum Gasteiger partial charge on any atom is -0.493 e. The number of aliphatic hydroxyl groups excluding tert-OH is 2. The molecule has 0 unspecified atom stereocenters. The number of oxime groups is 1. The second kappa shape index (κ2) is 22.4. The average molecular weight is 916 g/mol. The first-order valence-corrected chi connectivity index (χ1v) is 24.1. The Morgan fingerprint density at radius 2 is 1.73 bits per heavy atom. The fraction of sp³-hybridized carbons (Fsp3) is 0.426. The van der Waals surface area contributed by atoms with Crippen molar-refractivity contribution in [3.8, 4) is 17.6 Å². The normalized spacial score (nSPS) is 22.5. The molecular weight excluding hydrogens is 854 g/mol. The molecule has 0 bridgehead atoms. The molecule has 0 aromatic heterocycles. The van der Waals surface area contributed by atoms with Crippen molar-refractivity contribution in [1.82, 2.24) is 4.90 Å². The summed E-state index contributed by atoms with van der Waals surface area (Å²) in [6.07, 6.45) is 8.66. The average Bonchev–Trinajstić information content (AvgIpc) is 3.32. The van der Waals surface area contributed by atoms with Gasteiger partial charge in [0.1, 0.15) is 29.0 Å². The maximum absolute atomic E-state index is 15.3. The van der Waals surface area contributed by atoms with Crippen molar-refractivity contribution in [2.45, 2.75) is 101 Å². The summed E-state index contributed by atoms with van der Waals surface area (Å²) in [7, 11) is 0. The predicted octanol–water partition coefficient (Wildman–Crippen LogP) is 10.6. The first-order chi connectivity index (χ1) is 32.0. The van der Waals surface area contributed by atoms with Gasteiger partial charge in [-0.25, -0.2) is 4.39 Å². The third kappa shape index (κ3) is 11.4. The molecule has 4 aromatic rings. The van der Waals surface area contributed by atoms with Gasteiger partial charge >= 0.3 is 0 Å². The maximum Gasteiger partial charge on any atom is 0.254 e. The van der Waals surface area contributed by atoms with Crippen LogP contribution in [0.3, 0.4) is 0 Å². The van der Waals surface area contributed by atoms with E-state index < -0.39 is 29.2 Å². The van der Waals surface area contributed by atoms with Crippen molar-refractivity contribution < 1.29 is 38.4 Å². The van der Waals surface area contributed by atoms with E-state index in [-0.39, 0.29) is 56.4 Å². The van der Waals surface area contributed by atoms with Gasteiger partial charge in [0, 0.05) is 53.9 Å². The predicted molar refractivity (Wildman–Crippen MR) is 256 cm³/mol. The second-order valence-electron chi connectivity index (χ2n) is 18.2. The van der Waals surface area contributed by atoms with Crippen molar-refractivity contribution >= 4 is 23.4 Å². The third-order valence-electron chi connectivity index (χ3n) is 12.6. The Kier molecular flexibility index (Phi) is 16.4. The van der Waals surface area contributed by atoms with Crippen LogP contribution >= 0.6 is 11.8 Å². The number of aliphatic hydroxyl groups is 2. The topological polar surface area (TPSA) is 134 Å². The van der Waals surface area contributed by atoms with E-state index in [1.54, 1.807) is 59.1 Å². The Bertz CT molecular complexity index is 2360. The van der Waals surface area contributed by atoms with Gasteiger partial charge in [-0.1, -0.05) is 60.5 Å². The highest BCUT2D eigenvalue weighted by Crippen LogP contribution is 2.62. The summed E-state index contributed by atoms with van der Waals surface area (Å²) in [5.41, 5.74) is 3.36. The number of unbranched alkanes of at least 4 members (excludes halogenated alkanes) is 2. The smallest absolute Gasteiger partial charge is 0.254 e. The third-order valence-corrected chi connectivity index (χ3v) is 13.6. The van der Waals surface area contributed by atoms with E-state index in [1.165, 1.54) is 17.0 Å². The molecule has 7 rings (SSSR count). The number of thioether (sulfide) groups is 1. The van der Waals surface area contributed by atoms with E-state index in [0.29, 0.717) is 53.3 Å². The largest absolute Gasteiger partial charge is 0.493 e. The van der Waals surface area contributed by atoms with E-state index in [1.807, 2.05) is 51.1 Å². The van der Waals surface area contributed by atoms with Crippen LogP contribution in [0.5, 0.6) is 11.5 Å². The van der Waals surface area contributed by atoms with E-state index in [9.17, 15) is 19.9 Å². The number of carbonyl (C=O) groups is 1. The summed E-state index contributed by atoms with van der Waals surface area (Å²) in [4.78, 5) is 24.5. The zero-order chi connectivity index (χ0) is 46.7. The second-order valence-corrected chi connectivity index (χ2v) is 19.4. The number of carbonyl (C=O) groups excluding carboxylic acids is 1. The molecule has 6 atom stereocenters. The van der Waals surface area contributed by atoms with Gasteiger partial charge < -0.3 is 34.2 Å². The molecule has 1 amide bonds. The lowest BCUT2D eigenvalue weighted by molar-refractivity contribution is -0.255. The summed E-state index contributed by atoms with van der Waals surface area (Å²) in [6, 6.07) is 30.2. The zero-order valence-electron chi connectivity index (χ0n) is 38.2. The molecule has 2 N–H and O–H groups in total. The number of allylic oxidation sites excluding steroid dienone is 1. The number of rotatable bonds is 21. The van der Waals surface area contributed by atoms with Crippen molar-refractivity contribution in [3.05, 3.63) is 149 Å². The van der Waals surface area contributed by atoms with Gasteiger partial charge in [-0.2, -0.15) is 5.26 Å². The van der Waals surface area contributed by atoms with Crippen LogP contribution in [0.15, 0.2) is 131 Å². The molecule has 1 fully saturated rings. The van der Waals surface area contributed by atoms with Gasteiger partial charge in [-0.3, -0.25) is 4.79 Å². The van der Waals surface area contributed by atoms with Crippen LogP contribution in [0.1, 0.15) is 98.7 Å². The molecule has 4 aromatic carbocycles. The molecule has 12 heteroatoms. The monoisotopic (exact) mass is 915 g/mol. The van der Waals surface area contributed by atoms with Crippen LogP contribution in [-0.4, -0.2) is 76.3 Å². The fourth-order valence-electron chi connectivity index (χ4n) is 9.73. The molecule has 348 valence electrons. The van der Waals surface area contributed by atoms with Gasteiger partial charge in [0.05, 0.1) is 36.5 Å². The minimum atomic E-state index is -1.51. The number of hydrogen-bond acceptors (Lipinski definition) is 10. The standard InChI is InChI=1S/C54H62FN3O7S/c1-5-29-63-54-49(58(36-38-19-23-41(55)24-20-38)52(61)39-21-17-37(35-56)18-22-39)34-47(57-65-53(2,3)4)45-32-40(13-9-11-27-59)44(16-10-12-28-60)50(51(45)54)46-33-42(25-26-48(46)64-54)62-30-31-66-43-14-7-6-8-15-43/h5-8,14-15,17-26,32-33,40,44,49-51,59-60H,1,9-13,16,27-31,34,36H2,2-4H3/t40-,44+,49-,50+,51+,54+/m0/s1. The lowest BCUT2D eigenvalue weighted by Gasteiger charge is -2.60. The van der Waals surface area contributed by atoms with Gasteiger partial charge in [-0.15, -0.1) is 18.3 Å². The summed E-state index contributed by atoms with van der Waals surface area (Å²) < 4.78 is 35.5. The molecule has 66 heavy (non-hydrogen) atoms. The van der Waals surface area contributed by atoms with Crippen molar-refractivity contribution in [3.63, 3.8) is 0 Å². The van der Waals surface area contributed by atoms with Crippen molar-refractivity contribution in [1.29, 1.82) is 5.26 Å². The highest BCUT2D eigenvalue weighted by atomic mass is 32.2. The van der Waals surface area contributed by atoms with Crippen LogP contribution in [0.4, 0.5) is 4.39 Å². The van der Waals surface area contributed by atoms with Gasteiger partial charge in [0.2, 0.25) is 5.79 Å². The van der Waals surface area contributed by atoms with Crippen LogP contribution < -0.4 is 9.47 Å². The Morgan fingerprint density at radius 3 is 2.41 bits per heavy atom. The van der Waals surface area contributed by atoms with E-state index >= 15 is 4.79 Å². The molecule has 0 radical (unpaired) electrons. The first kappa shape index (κ1) is 48.5. The number of amides is 1. The highest BCUT2D eigenvalue weighted by molar-refractivity contribution is 7.99. The molecule has 1 saturated carbocycles. The number of benzene rings is 4. The number of ether oxygens (including phenoxy) is 3. The quantitative estimate of drug-likeness (QED) is 0.0363. The van der Waals surface area contributed by atoms with E-state index in [2.05, 4.69) is 36.9 Å². The number of nitriles is 1.